The number of para-hydroxylation sites is 1. The first-order valence-electron chi connectivity index (χ1n) is 20.3. The van der Waals surface area contributed by atoms with Crippen molar-refractivity contribution in [1.29, 1.82) is 0 Å². The van der Waals surface area contributed by atoms with Crippen molar-refractivity contribution in [2.75, 3.05) is 0 Å². The molecular formula is C51H44N4O. The Morgan fingerprint density at radius 3 is 2.57 bits per heavy atom. The van der Waals surface area contributed by atoms with Crippen molar-refractivity contribution in [1.82, 2.24) is 15.2 Å². The maximum absolute atomic E-state index is 6.62. The van der Waals surface area contributed by atoms with Crippen LogP contribution in [0.2, 0.25) is 0 Å². The number of aromatic nitrogens is 1. The van der Waals surface area contributed by atoms with E-state index in [1.54, 1.807) is 0 Å². The zero-order chi connectivity index (χ0) is 37.0. The van der Waals surface area contributed by atoms with Gasteiger partial charge < -0.3 is 14.3 Å². The van der Waals surface area contributed by atoms with E-state index >= 15 is 0 Å². The van der Waals surface area contributed by atoms with E-state index in [0.717, 1.165) is 89.5 Å². The van der Waals surface area contributed by atoms with Crippen LogP contribution in [-0.2, 0) is 6.42 Å². The van der Waals surface area contributed by atoms with Gasteiger partial charge in [-0.15, -0.1) is 0 Å². The van der Waals surface area contributed by atoms with Gasteiger partial charge in [0, 0.05) is 33.3 Å². The molecule has 56 heavy (non-hydrogen) atoms. The lowest BCUT2D eigenvalue weighted by Crippen LogP contribution is -2.52. The second-order valence-electron chi connectivity index (χ2n) is 15.7. The Morgan fingerprint density at radius 2 is 1.68 bits per heavy atom. The van der Waals surface area contributed by atoms with Crippen LogP contribution < -0.4 is 10.6 Å². The monoisotopic (exact) mass is 728 g/mol. The molecule has 1 aliphatic heterocycles. The second kappa shape index (κ2) is 13.8. The molecule has 6 aromatic rings. The number of fused-ring (bicyclic) bond motifs is 6. The minimum atomic E-state index is -0.214. The third-order valence-corrected chi connectivity index (χ3v) is 12.3. The summed E-state index contributed by atoms with van der Waals surface area (Å²) in [4.78, 5) is 5.40. The molecule has 3 atom stereocenters. The summed E-state index contributed by atoms with van der Waals surface area (Å²) in [6.07, 6.45) is 30.4. The topological polar surface area (TPSA) is 54.5 Å². The van der Waals surface area contributed by atoms with Crippen LogP contribution in [0.5, 0.6) is 0 Å². The quantitative estimate of drug-likeness (QED) is 0.180. The van der Waals surface area contributed by atoms with E-state index in [9.17, 15) is 0 Å². The van der Waals surface area contributed by atoms with Gasteiger partial charge in [-0.05, 0) is 115 Å². The highest BCUT2D eigenvalue weighted by Crippen LogP contribution is 2.41. The number of hydrogen-bond acceptors (Lipinski definition) is 4. The zero-order valence-corrected chi connectivity index (χ0v) is 31.4. The first-order chi connectivity index (χ1) is 27.7. The largest absolute Gasteiger partial charge is 0.456 e. The van der Waals surface area contributed by atoms with Crippen molar-refractivity contribution >= 4 is 44.8 Å². The molecule has 0 amide bonds. The molecule has 2 N–H and O–H groups in total. The Labute approximate surface area is 327 Å². The van der Waals surface area contributed by atoms with Gasteiger partial charge in [-0.1, -0.05) is 115 Å². The van der Waals surface area contributed by atoms with E-state index in [4.69, 9.17) is 9.41 Å². The molecule has 0 saturated heterocycles. The summed E-state index contributed by atoms with van der Waals surface area (Å²) in [7, 11) is 0. The predicted molar refractivity (Wildman–Crippen MR) is 231 cm³/mol. The van der Waals surface area contributed by atoms with Crippen LogP contribution in [0.1, 0.15) is 67.1 Å². The number of aryl methyl sites for hydroxylation is 1. The van der Waals surface area contributed by atoms with E-state index < -0.39 is 0 Å². The number of hydrogen-bond donors (Lipinski definition) is 2. The smallest absolute Gasteiger partial charge is 0.136 e. The highest BCUT2D eigenvalue weighted by molar-refractivity contribution is 6.18. The standard InChI is InChI=1S/C51H44N4O/c1-4-14-33(15-5-1)36-20-12-21-38(30-36)50-52-49(35-18-8-3-9-19-35)53-51(54-50)42-23-13-25-47-48(42)43-32-39(27-29-46(43)56-47)55-44-24-11-10-22-40(44)41-28-26-37(31-45(41)55)34-16-6-2-7-17-34/h2-4,6,8-16,18-25,27,29,31-32,36,49-50,52H,1,5,7,17,26,28,30H2,(H,53,54). The van der Waals surface area contributed by atoms with E-state index in [2.05, 4.69) is 167 Å². The van der Waals surface area contributed by atoms with Crippen molar-refractivity contribution < 1.29 is 4.42 Å². The summed E-state index contributed by atoms with van der Waals surface area (Å²) < 4.78 is 9.10. The molecule has 11 rings (SSSR count). The van der Waals surface area contributed by atoms with Gasteiger partial charge in [0.15, 0.2) is 0 Å². The lowest BCUT2D eigenvalue weighted by atomic mass is 9.84. The maximum atomic E-state index is 6.62. The number of amidine groups is 1. The number of aliphatic imine (C=N–C) groups is 1. The minimum Gasteiger partial charge on any atom is -0.456 e. The van der Waals surface area contributed by atoms with Gasteiger partial charge in [0.25, 0.3) is 0 Å². The van der Waals surface area contributed by atoms with Crippen molar-refractivity contribution in [3.63, 3.8) is 0 Å². The SMILES string of the molecule is C1=CCCC(C2=Cc3c(c4ccccc4n3-c3ccc4oc5cccc(C6=NC(c7ccccc7)NC(C7=CC=CC(C8=CCCC=C8)C7)N6)c5c4c3)CC2)=C1. The van der Waals surface area contributed by atoms with E-state index in [-0.39, 0.29) is 12.3 Å². The molecule has 274 valence electrons. The number of benzene rings is 4. The predicted octanol–water partition coefficient (Wildman–Crippen LogP) is 11.9. The molecular weight excluding hydrogens is 685 g/mol. The number of nitrogens with zero attached hydrogens (tertiary/aromatic N) is 2. The minimum absolute atomic E-state index is 0.0918. The van der Waals surface area contributed by atoms with E-state index in [1.807, 2.05) is 0 Å². The molecule has 3 unspecified atom stereocenters. The summed E-state index contributed by atoms with van der Waals surface area (Å²) in [6, 6.07) is 32.6. The maximum Gasteiger partial charge on any atom is 0.136 e. The summed E-state index contributed by atoms with van der Waals surface area (Å²) >= 11 is 0. The van der Waals surface area contributed by atoms with Gasteiger partial charge >= 0.3 is 0 Å². The van der Waals surface area contributed by atoms with Crippen molar-refractivity contribution in [3.05, 3.63) is 190 Å². The van der Waals surface area contributed by atoms with Gasteiger partial charge in [0.1, 0.15) is 29.3 Å². The Balaban J connectivity index is 1.03. The van der Waals surface area contributed by atoms with Crippen LogP contribution >= 0.6 is 0 Å². The van der Waals surface area contributed by atoms with Gasteiger partial charge in [-0.2, -0.15) is 0 Å². The zero-order valence-electron chi connectivity index (χ0n) is 31.4. The molecule has 3 heterocycles. The average molecular weight is 729 g/mol. The lowest BCUT2D eigenvalue weighted by Gasteiger charge is -2.35. The van der Waals surface area contributed by atoms with Crippen LogP contribution in [0.4, 0.5) is 0 Å². The molecule has 0 bridgehead atoms. The third-order valence-electron chi connectivity index (χ3n) is 12.3. The van der Waals surface area contributed by atoms with Gasteiger partial charge in [0.2, 0.25) is 0 Å². The first-order valence-corrected chi connectivity index (χ1v) is 20.3. The fraction of sp³-hybridized carbons (Fsp3) is 0.196. The number of furan rings is 1. The fourth-order valence-electron chi connectivity index (χ4n) is 9.54. The van der Waals surface area contributed by atoms with Crippen LogP contribution in [0.25, 0.3) is 44.6 Å². The molecule has 5 aliphatic rings. The van der Waals surface area contributed by atoms with Crippen molar-refractivity contribution in [2.45, 2.75) is 57.3 Å². The first kappa shape index (κ1) is 33.2. The molecule has 5 nitrogen and oxygen atoms in total. The third kappa shape index (κ3) is 5.77. The fourth-order valence-corrected chi connectivity index (χ4v) is 9.54. The molecule has 0 radical (unpaired) electrons. The average Bonchev–Trinajstić information content (AvgIpc) is 3.82. The lowest BCUT2D eigenvalue weighted by molar-refractivity contribution is 0.423. The Morgan fingerprint density at radius 1 is 0.750 bits per heavy atom. The Bertz CT molecular complexity index is 2800. The summed E-state index contributed by atoms with van der Waals surface area (Å²) in [5.74, 6) is 1.24. The second-order valence-corrected chi connectivity index (χ2v) is 15.7. The van der Waals surface area contributed by atoms with Gasteiger partial charge in [0.05, 0.1) is 11.2 Å². The van der Waals surface area contributed by atoms with E-state index in [1.165, 1.54) is 44.5 Å². The molecule has 4 aromatic carbocycles. The Hall–Kier alpha value is -6.17. The number of allylic oxidation sites excluding steroid dienone is 12. The molecule has 0 spiro atoms. The van der Waals surface area contributed by atoms with Crippen LogP contribution in [-0.4, -0.2) is 16.6 Å². The normalized spacial score (nSPS) is 22.0. The van der Waals surface area contributed by atoms with Crippen molar-refractivity contribution in [2.24, 2.45) is 10.9 Å². The molecule has 2 aromatic heterocycles. The highest BCUT2D eigenvalue weighted by Gasteiger charge is 2.30. The van der Waals surface area contributed by atoms with Crippen LogP contribution in [0.15, 0.2) is 177 Å². The Kier molecular flexibility index (Phi) is 8.21. The summed E-state index contributed by atoms with van der Waals surface area (Å²) in [5.41, 5.74) is 14.7. The van der Waals surface area contributed by atoms with Gasteiger partial charge in [-0.3, -0.25) is 5.32 Å². The molecule has 0 saturated carbocycles. The van der Waals surface area contributed by atoms with E-state index in [0.29, 0.717) is 5.92 Å². The molecule has 4 aliphatic carbocycles. The summed E-state index contributed by atoms with van der Waals surface area (Å²) in [6.45, 7) is 0. The number of rotatable bonds is 6. The molecule has 5 heteroatoms. The van der Waals surface area contributed by atoms with Crippen LogP contribution in [0.3, 0.4) is 0 Å². The molecule has 0 fully saturated rings. The van der Waals surface area contributed by atoms with Crippen molar-refractivity contribution in [3.8, 4) is 5.69 Å². The number of nitrogens with one attached hydrogen (secondary N) is 2. The summed E-state index contributed by atoms with van der Waals surface area (Å²) in [5, 5.41) is 11.3. The van der Waals surface area contributed by atoms with Gasteiger partial charge in [-0.25, -0.2) is 4.99 Å². The highest BCUT2D eigenvalue weighted by atomic mass is 16.3. The van der Waals surface area contributed by atoms with Crippen LogP contribution in [0, 0.1) is 5.92 Å².